The molecule has 0 spiro atoms. The van der Waals surface area contributed by atoms with Crippen LogP contribution in [0.3, 0.4) is 0 Å². The van der Waals surface area contributed by atoms with Gasteiger partial charge in [-0.15, -0.1) is 0 Å². The molecule has 0 aliphatic heterocycles. The monoisotopic (exact) mass is 406 g/mol. The smallest absolute Gasteiger partial charge is 0.225 e. The summed E-state index contributed by atoms with van der Waals surface area (Å²) in [6.45, 7) is 2.45. The molecule has 0 atom stereocenters. The number of aromatic nitrogens is 1. The molecule has 0 saturated carbocycles. The molecule has 0 radical (unpaired) electrons. The summed E-state index contributed by atoms with van der Waals surface area (Å²) in [7, 11) is 3.18. The van der Waals surface area contributed by atoms with Crippen LogP contribution >= 0.6 is 0 Å². The standard InChI is InChI=1S/C24H26N2O4/c1-17-7-4-5-8-19(17)16-30-21-9-6-14-25-24(21)26-23(27)13-11-18-10-12-20(28-2)22(15-18)29-3/h4-10,12,14-15H,11,13,16H2,1-3H3,(H,25,26,27). The van der Waals surface area contributed by atoms with Crippen LogP contribution in [0.25, 0.3) is 0 Å². The van der Waals surface area contributed by atoms with Gasteiger partial charge in [-0.2, -0.15) is 0 Å². The van der Waals surface area contributed by atoms with Crippen LogP contribution in [0.1, 0.15) is 23.1 Å². The van der Waals surface area contributed by atoms with E-state index in [0.717, 1.165) is 16.7 Å². The second-order valence-corrected chi connectivity index (χ2v) is 6.80. The third-order valence-corrected chi connectivity index (χ3v) is 4.76. The minimum atomic E-state index is -0.135. The number of ether oxygens (including phenoxy) is 3. The van der Waals surface area contributed by atoms with Crippen molar-refractivity contribution in [3.63, 3.8) is 0 Å². The van der Waals surface area contributed by atoms with Crippen molar-refractivity contribution in [2.75, 3.05) is 19.5 Å². The minimum absolute atomic E-state index is 0.135. The lowest BCUT2D eigenvalue weighted by atomic mass is 10.1. The number of anilines is 1. The molecule has 0 aliphatic carbocycles. The van der Waals surface area contributed by atoms with Crippen LogP contribution in [0, 0.1) is 6.92 Å². The van der Waals surface area contributed by atoms with Gasteiger partial charge in [0.2, 0.25) is 5.91 Å². The number of carbonyl (C=O) groups is 1. The van der Waals surface area contributed by atoms with E-state index in [0.29, 0.717) is 42.5 Å². The van der Waals surface area contributed by atoms with E-state index in [-0.39, 0.29) is 5.91 Å². The molecule has 0 aliphatic rings. The highest BCUT2D eigenvalue weighted by Gasteiger charge is 2.11. The largest absolute Gasteiger partial charge is 0.493 e. The van der Waals surface area contributed by atoms with E-state index in [1.165, 1.54) is 0 Å². The van der Waals surface area contributed by atoms with E-state index in [4.69, 9.17) is 14.2 Å². The Morgan fingerprint density at radius 1 is 0.967 bits per heavy atom. The van der Waals surface area contributed by atoms with Crippen molar-refractivity contribution in [3.8, 4) is 17.2 Å². The van der Waals surface area contributed by atoms with Gasteiger partial charge in [0, 0.05) is 12.6 Å². The van der Waals surface area contributed by atoms with Crippen molar-refractivity contribution in [2.24, 2.45) is 0 Å². The molecule has 0 saturated heterocycles. The Labute approximate surface area is 176 Å². The summed E-state index contributed by atoms with van der Waals surface area (Å²) in [5, 5.41) is 2.85. The quantitative estimate of drug-likeness (QED) is 0.564. The van der Waals surface area contributed by atoms with E-state index < -0.39 is 0 Å². The van der Waals surface area contributed by atoms with Crippen molar-refractivity contribution < 1.29 is 19.0 Å². The third-order valence-electron chi connectivity index (χ3n) is 4.76. The number of hydrogen-bond donors (Lipinski definition) is 1. The topological polar surface area (TPSA) is 69.7 Å². The number of nitrogens with one attached hydrogen (secondary N) is 1. The van der Waals surface area contributed by atoms with E-state index >= 15 is 0 Å². The van der Waals surface area contributed by atoms with Gasteiger partial charge in [0.1, 0.15) is 6.61 Å². The Morgan fingerprint density at radius 3 is 2.53 bits per heavy atom. The molecule has 1 N–H and O–H groups in total. The summed E-state index contributed by atoms with van der Waals surface area (Å²) >= 11 is 0. The van der Waals surface area contributed by atoms with Gasteiger partial charge in [-0.3, -0.25) is 4.79 Å². The first-order valence-corrected chi connectivity index (χ1v) is 9.73. The summed E-state index contributed by atoms with van der Waals surface area (Å²) in [4.78, 5) is 16.7. The lowest BCUT2D eigenvalue weighted by Gasteiger charge is -2.13. The number of hydrogen-bond acceptors (Lipinski definition) is 5. The van der Waals surface area contributed by atoms with Crippen molar-refractivity contribution in [1.82, 2.24) is 4.98 Å². The zero-order chi connectivity index (χ0) is 21.3. The average Bonchev–Trinajstić information content (AvgIpc) is 2.77. The Morgan fingerprint density at radius 2 is 1.77 bits per heavy atom. The Balaban J connectivity index is 1.60. The van der Waals surface area contributed by atoms with Gasteiger partial charge in [-0.05, 0) is 54.3 Å². The fourth-order valence-corrected chi connectivity index (χ4v) is 3.02. The zero-order valence-corrected chi connectivity index (χ0v) is 17.5. The van der Waals surface area contributed by atoms with Crippen LogP contribution in [-0.4, -0.2) is 25.1 Å². The summed E-state index contributed by atoms with van der Waals surface area (Å²) in [6, 6.07) is 17.3. The number of nitrogens with zero attached hydrogens (tertiary/aromatic N) is 1. The maximum atomic E-state index is 12.5. The Bertz CT molecular complexity index is 1000. The first-order chi connectivity index (χ1) is 14.6. The van der Waals surface area contributed by atoms with Gasteiger partial charge >= 0.3 is 0 Å². The van der Waals surface area contributed by atoms with Gasteiger partial charge in [0.05, 0.1) is 14.2 Å². The molecule has 1 aromatic heterocycles. The van der Waals surface area contributed by atoms with Gasteiger partial charge in [-0.1, -0.05) is 30.3 Å². The summed E-state index contributed by atoms with van der Waals surface area (Å²) in [5.41, 5.74) is 3.23. The van der Waals surface area contributed by atoms with Gasteiger partial charge in [-0.25, -0.2) is 4.98 Å². The molecule has 2 aromatic carbocycles. The second kappa shape index (κ2) is 10.3. The van der Waals surface area contributed by atoms with Crippen LogP contribution in [0.5, 0.6) is 17.2 Å². The van der Waals surface area contributed by atoms with Crippen LogP contribution in [-0.2, 0) is 17.8 Å². The number of carbonyl (C=O) groups excluding carboxylic acids is 1. The number of aryl methyl sites for hydroxylation is 2. The Kier molecular flexibility index (Phi) is 7.27. The van der Waals surface area contributed by atoms with E-state index in [1.54, 1.807) is 32.5 Å². The second-order valence-electron chi connectivity index (χ2n) is 6.80. The van der Waals surface area contributed by atoms with Crippen LogP contribution in [0.4, 0.5) is 5.82 Å². The lowest BCUT2D eigenvalue weighted by Crippen LogP contribution is -2.14. The highest BCUT2D eigenvalue weighted by atomic mass is 16.5. The van der Waals surface area contributed by atoms with Crippen molar-refractivity contribution in [2.45, 2.75) is 26.4 Å². The number of pyridine rings is 1. The van der Waals surface area contributed by atoms with E-state index in [2.05, 4.69) is 10.3 Å². The molecular weight excluding hydrogens is 380 g/mol. The average molecular weight is 406 g/mol. The van der Waals surface area contributed by atoms with Gasteiger partial charge in [0.15, 0.2) is 23.1 Å². The van der Waals surface area contributed by atoms with Crippen LogP contribution < -0.4 is 19.5 Å². The highest BCUT2D eigenvalue weighted by molar-refractivity contribution is 5.91. The molecule has 3 aromatic rings. The summed E-state index contributed by atoms with van der Waals surface area (Å²) in [5.74, 6) is 2.13. The molecule has 156 valence electrons. The number of benzene rings is 2. The molecule has 0 unspecified atom stereocenters. The van der Waals surface area contributed by atoms with E-state index in [9.17, 15) is 4.79 Å². The van der Waals surface area contributed by atoms with Gasteiger partial charge < -0.3 is 19.5 Å². The first kappa shape index (κ1) is 21.2. The maximum Gasteiger partial charge on any atom is 0.225 e. The van der Waals surface area contributed by atoms with Crippen LogP contribution in [0.15, 0.2) is 60.8 Å². The van der Waals surface area contributed by atoms with Crippen LogP contribution in [0.2, 0.25) is 0 Å². The van der Waals surface area contributed by atoms with E-state index in [1.807, 2.05) is 49.4 Å². The molecule has 0 bridgehead atoms. The fourth-order valence-electron chi connectivity index (χ4n) is 3.02. The molecule has 30 heavy (non-hydrogen) atoms. The van der Waals surface area contributed by atoms with Crippen molar-refractivity contribution in [3.05, 3.63) is 77.5 Å². The molecule has 1 heterocycles. The minimum Gasteiger partial charge on any atom is -0.493 e. The maximum absolute atomic E-state index is 12.5. The fraction of sp³-hybridized carbons (Fsp3) is 0.250. The predicted octanol–water partition coefficient (Wildman–Crippen LogP) is 4.56. The highest BCUT2D eigenvalue weighted by Crippen LogP contribution is 2.28. The van der Waals surface area contributed by atoms with Crippen molar-refractivity contribution in [1.29, 1.82) is 0 Å². The number of methoxy groups -OCH3 is 2. The van der Waals surface area contributed by atoms with Crippen molar-refractivity contribution >= 4 is 11.7 Å². The Hall–Kier alpha value is -3.54. The summed E-state index contributed by atoms with van der Waals surface area (Å²) in [6.07, 6.45) is 2.51. The molecule has 3 rings (SSSR count). The number of amides is 1. The summed E-state index contributed by atoms with van der Waals surface area (Å²) < 4.78 is 16.5. The zero-order valence-electron chi connectivity index (χ0n) is 17.5. The molecule has 6 heteroatoms. The first-order valence-electron chi connectivity index (χ1n) is 9.73. The lowest BCUT2D eigenvalue weighted by molar-refractivity contribution is -0.116. The molecule has 6 nitrogen and oxygen atoms in total. The molecule has 1 amide bonds. The predicted molar refractivity (Wildman–Crippen MR) is 116 cm³/mol. The molecule has 0 fully saturated rings. The third kappa shape index (κ3) is 5.50. The van der Waals surface area contributed by atoms with Gasteiger partial charge in [0.25, 0.3) is 0 Å². The normalized spacial score (nSPS) is 10.4. The number of rotatable bonds is 9. The SMILES string of the molecule is COc1ccc(CCC(=O)Nc2ncccc2OCc2ccccc2C)cc1OC. The molecular formula is C24H26N2O4.